The minimum absolute atomic E-state index is 0.0168. The summed E-state index contributed by atoms with van der Waals surface area (Å²) in [6.45, 7) is 11.9. The van der Waals surface area contributed by atoms with Gasteiger partial charge in [0.25, 0.3) is 0 Å². The van der Waals surface area contributed by atoms with Gasteiger partial charge in [0.15, 0.2) is 0 Å². The summed E-state index contributed by atoms with van der Waals surface area (Å²) >= 11 is 0. The van der Waals surface area contributed by atoms with Crippen LogP contribution >= 0.6 is 0 Å². The molecule has 0 saturated heterocycles. The van der Waals surface area contributed by atoms with Crippen molar-refractivity contribution in [1.82, 2.24) is 21.3 Å². The number of hydrogen-bond donors (Lipinski definition) is 5. The summed E-state index contributed by atoms with van der Waals surface area (Å²) in [4.78, 5) is 51.3. The summed E-state index contributed by atoms with van der Waals surface area (Å²) in [6, 6.07) is 14.9. The van der Waals surface area contributed by atoms with Crippen molar-refractivity contribution in [3.05, 3.63) is 65.2 Å². The summed E-state index contributed by atoms with van der Waals surface area (Å²) < 4.78 is 16.6. The van der Waals surface area contributed by atoms with Crippen LogP contribution in [0.15, 0.2) is 48.5 Å². The summed E-state index contributed by atoms with van der Waals surface area (Å²) in [5, 5.41) is 11.9. The maximum absolute atomic E-state index is 13.7. The van der Waals surface area contributed by atoms with Gasteiger partial charge in [0.1, 0.15) is 12.9 Å². The normalized spacial score (nSPS) is 14.9. The molecule has 53 heavy (non-hydrogen) atoms. The number of hydrogen-bond acceptors (Lipinski definition) is 10. The number of anilines is 1. The van der Waals surface area contributed by atoms with Gasteiger partial charge in [-0.25, -0.2) is 4.79 Å². The number of amides is 3. The zero-order chi connectivity index (χ0) is 39.2. The molecule has 3 rings (SSSR count). The first-order valence-corrected chi connectivity index (χ1v) is 18.7. The number of likely N-dealkylation sites (N-methyl/N-ethyl adjacent to an activating group) is 1. The number of aldehydes is 1. The number of unbranched alkanes of at least 4 members (excludes halogenated alkanes) is 1. The van der Waals surface area contributed by atoms with Crippen LogP contribution in [-0.4, -0.2) is 88.9 Å². The van der Waals surface area contributed by atoms with E-state index in [0.717, 1.165) is 36.7 Å². The van der Waals surface area contributed by atoms with Gasteiger partial charge in [-0.05, 0) is 65.1 Å². The standard InChI is InChI=1S/C38H56N6O7.C2H6/c1-27(50-22-19-38(2,3)49-5)24-43-33(46)17-18-34(47)44-25-28-12-6-7-14-30(28)36(35(39)31-15-8-9-16-32(31)44)41-21-23-51-37(48)42-20-11-10-13-29(26-45)40-4;1-2/h6-9,12,14-16,26-27,29,40-41H,10-11,13,17-25,39H2,1-5H3,(H,42,48)(H,43,46);1-2H3/b36-35-;. The summed E-state index contributed by atoms with van der Waals surface area (Å²) in [6.07, 6.45) is 3.19. The first-order chi connectivity index (χ1) is 25.5. The van der Waals surface area contributed by atoms with E-state index < -0.39 is 6.09 Å². The lowest BCUT2D eigenvalue weighted by Crippen LogP contribution is -2.36. The molecule has 13 nitrogen and oxygen atoms in total. The zero-order valence-electron chi connectivity index (χ0n) is 32.7. The fraction of sp³-hybridized carbons (Fsp3) is 0.550. The van der Waals surface area contributed by atoms with E-state index in [0.29, 0.717) is 55.3 Å². The van der Waals surface area contributed by atoms with E-state index in [4.69, 9.17) is 19.9 Å². The van der Waals surface area contributed by atoms with Crippen LogP contribution in [0.2, 0.25) is 0 Å². The second-order valence-corrected chi connectivity index (χ2v) is 13.2. The molecule has 6 N–H and O–H groups in total. The molecule has 0 radical (unpaired) electrons. The third-order valence-corrected chi connectivity index (χ3v) is 8.87. The van der Waals surface area contributed by atoms with Gasteiger partial charge in [-0.15, -0.1) is 0 Å². The number of nitrogens with one attached hydrogen (secondary N) is 4. The number of carbonyl (C=O) groups excluding carboxylic acids is 4. The van der Waals surface area contributed by atoms with E-state index in [1.54, 1.807) is 19.1 Å². The third kappa shape index (κ3) is 15.2. The molecule has 2 aromatic carbocycles. The zero-order valence-corrected chi connectivity index (χ0v) is 32.7. The molecule has 3 amide bonds. The molecule has 0 bridgehead atoms. The van der Waals surface area contributed by atoms with Crippen molar-refractivity contribution in [3.8, 4) is 0 Å². The average molecular weight is 739 g/mol. The predicted molar refractivity (Wildman–Crippen MR) is 210 cm³/mol. The number of rotatable bonds is 21. The summed E-state index contributed by atoms with van der Waals surface area (Å²) in [5.74, 6) is -0.427. The van der Waals surface area contributed by atoms with Crippen molar-refractivity contribution in [2.75, 3.05) is 51.9 Å². The van der Waals surface area contributed by atoms with Crippen LogP contribution < -0.4 is 31.9 Å². The number of nitrogens with zero attached hydrogens (tertiary/aromatic N) is 1. The van der Waals surface area contributed by atoms with Crippen LogP contribution in [0.25, 0.3) is 11.4 Å². The second-order valence-electron chi connectivity index (χ2n) is 13.2. The first-order valence-electron chi connectivity index (χ1n) is 18.7. The fourth-order valence-corrected chi connectivity index (χ4v) is 5.49. The Bertz CT molecular complexity index is 1480. The Morgan fingerprint density at radius 2 is 1.66 bits per heavy atom. The molecular weight excluding hydrogens is 676 g/mol. The lowest BCUT2D eigenvalue weighted by Gasteiger charge is -2.30. The Balaban J connectivity index is 0.00000477. The molecule has 0 saturated carbocycles. The molecule has 0 fully saturated rings. The maximum atomic E-state index is 13.7. The molecule has 1 heterocycles. The molecule has 2 atom stereocenters. The lowest BCUT2D eigenvalue weighted by atomic mass is 9.95. The van der Waals surface area contributed by atoms with E-state index in [9.17, 15) is 19.2 Å². The van der Waals surface area contributed by atoms with Crippen molar-refractivity contribution in [2.45, 2.75) is 97.4 Å². The van der Waals surface area contributed by atoms with Gasteiger partial charge in [0, 0.05) is 57.3 Å². The molecule has 1 aliphatic heterocycles. The maximum Gasteiger partial charge on any atom is 0.407 e. The molecule has 2 aromatic rings. The smallest absolute Gasteiger partial charge is 0.407 e. The monoisotopic (exact) mass is 738 g/mol. The summed E-state index contributed by atoms with van der Waals surface area (Å²) in [7, 11) is 3.41. The highest BCUT2D eigenvalue weighted by Crippen LogP contribution is 2.35. The van der Waals surface area contributed by atoms with Crippen molar-refractivity contribution >= 4 is 41.3 Å². The first kappa shape index (κ1) is 44.7. The molecule has 0 aliphatic carbocycles. The Morgan fingerprint density at radius 3 is 2.36 bits per heavy atom. The number of benzene rings is 2. The van der Waals surface area contributed by atoms with Crippen LogP contribution in [0.3, 0.4) is 0 Å². The van der Waals surface area contributed by atoms with Gasteiger partial charge in [-0.3, -0.25) is 9.59 Å². The van der Waals surface area contributed by atoms with Crippen LogP contribution in [0.1, 0.15) is 89.8 Å². The topological polar surface area (TPSA) is 173 Å². The molecule has 0 aromatic heterocycles. The molecule has 13 heteroatoms. The summed E-state index contributed by atoms with van der Waals surface area (Å²) in [5.41, 5.74) is 10.7. The molecule has 1 aliphatic rings. The molecule has 294 valence electrons. The van der Waals surface area contributed by atoms with Gasteiger partial charge in [-0.1, -0.05) is 56.3 Å². The van der Waals surface area contributed by atoms with E-state index in [1.807, 2.05) is 83.1 Å². The third-order valence-electron chi connectivity index (χ3n) is 8.87. The van der Waals surface area contributed by atoms with Gasteiger partial charge < -0.3 is 50.9 Å². The highest BCUT2D eigenvalue weighted by Gasteiger charge is 2.26. The van der Waals surface area contributed by atoms with Crippen LogP contribution in [0.4, 0.5) is 10.5 Å². The van der Waals surface area contributed by atoms with E-state index in [1.165, 1.54) is 0 Å². The number of ether oxygens (including phenoxy) is 3. The molecular formula is C40H62N6O7. The highest BCUT2D eigenvalue weighted by atomic mass is 16.5. The largest absolute Gasteiger partial charge is 0.448 e. The van der Waals surface area contributed by atoms with Crippen molar-refractivity contribution < 1.29 is 33.4 Å². The average Bonchev–Trinajstić information content (AvgIpc) is 3.17. The van der Waals surface area contributed by atoms with Crippen molar-refractivity contribution in [2.24, 2.45) is 5.73 Å². The minimum Gasteiger partial charge on any atom is -0.448 e. The Labute approximate surface area is 315 Å². The number of alkyl carbamates (subject to hydrolysis) is 1. The van der Waals surface area contributed by atoms with Gasteiger partial charge in [-0.2, -0.15) is 0 Å². The lowest BCUT2D eigenvalue weighted by molar-refractivity contribution is -0.125. The number of carbonyl (C=O) groups is 4. The number of nitrogens with two attached hydrogens (primary N) is 1. The van der Waals surface area contributed by atoms with Gasteiger partial charge in [0.2, 0.25) is 11.8 Å². The molecule has 0 spiro atoms. The Morgan fingerprint density at radius 1 is 0.962 bits per heavy atom. The van der Waals surface area contributed by atoms with Crippen LogP contribution in [0, 0.1) is 0 Å². The molecule has 2 unspecified atom stereocenters. The predicted octanol–water partition coefficient (Wildman–Crippen LogP) is 4.73. The van der Waals surface area contributed by atoms with E-state index in [-0.39, 0.29) is 55.6 Å². The van der Waals surface area contributed by atoms with Crippen LogP contribution in [0.5, 0.6) is 0 Å². The van der Waals surface area contributed by atoms with Gasteiger partial charge in [0.05, 0.1) is 41.4 Å². The Hall–Kier alpha value is -4.46. The van der Waals surface area contributed by atoms with Crippen LogP contribution in [-0.2, 0) is 35.1 Å². The van der Waals surface area contributed by atoms with Crippen molar-refractivity contribution in [3.63, 3.8) is 0 Å². The minimum atomic E-state index is -0.518. The number of methoxy groups -OCH3 is 1. The van der Waals surface area contributed by atoms with Crippen molar-refractivity contribution in [1.29, 1.82) is 0 Å². The quantitative estimate of drug-likeness (QED) is 0.0890. The van der Waals surface area contributed by atoms with E-state index in [2.05, 4.69) is 21.3 Å². The number of fused-ring (bicyclic) bond motifs is 2. The SMILES string of the molecule is CC.CNC(C=O)CCCCNC(=O)OCCN/C1=C(\N)c2ccccc2N(C(=O)CCC(=O)NCC(C)OCCC(C)(C)OC)Cc2ccccc21. The van der Waals surface area contributed by atoms with Gasteiger partial charge >= 0.3 is 6.09 Å². The van der Waals surface area contributed by atoms with E-state index >= 15 is 0 Å². The second kappa shape index (κ2) is 24.0. The fourth-order valence-electron chi connectivity index (χ4n) is 5.49. The number of para-hydroxylation sites is 1. The highest BCUT2D eigenvalue weighted by molar-refractivity contribution is 6.01. The Kier molecular flexibility index (Phi) is 20.2.